The first-order valence-electron chi connectivity index (χ1n) is 7.53. The van der Waals surface area contributed by atoms with E-state index in [1.165, 1.54) is 17.5 Å². The highest BCUT2D eigenvalue weighted by atomic mass is 15.0. The summed E-state index contributed by atoms with van der Waals surface area (Å²) in [4.78, 5) is 0. The first-order valence-corrected chi connectivity index (χ1v) is 7.53. The Bertz CT molecular complexity index is 386. The lowest BCUT2D eigenvalue weighted by molar-refractivity contribution is 0.428. The molecule has 0 bridgehead atoms. The second-order valence-electron chi connectivity index (χ2n) is 6.73. The van der Waals surface area contributed by atoms with Crippen LogP contribution in [0.3, 0.4) is 0 Å². The highest BCUT2D eigenvalue weighted by Crippen LogP contribution is 2.25. The number of rotatable bonds is 5. The molecule has 106 valence electrons. The third-order valence-corrected chi connectivity index (χ3v) is 4.25. The Kier molecular flexibility index (Phi) is 4.64. The zero-order chi connectivity index (χ0) is 13.9. The summed E-state index contributed by atoms with van der Waals surface area (Å²) in [6.07, 6.45) is 1.25. The Hall–Kier alpha value is -0.860. The summed E-state index contributed by atoms with van der Waals surface area (Å²) in [6.45, 7) is 12.5. The number of hydrogen-bond acceptors (Lipinski definition) is 2. The molecule has 1 atom stereocenters. The first-order chi connectivity index (χ1) is 8.99. The van der Waals surface area contributed by atoms with Crippen LogP contribution in [-0.4, -0.2) is 25.7 Å². The van der Waals surface area contributed by atoms with Gasteiger partial charge in [0.1, 0.15) is 0 Å². The van der Waals surface area contributed by atoms with Gasteiger partial charge in [-0.25, -0.2) is 0 Å². The van der Waals surface area contributed by atoms with Gasteiger partial charge in [0.2, 0.25) is 0 Å². The monoisotopic (exact) mass is 260 g/mol. The molecule has 19 heavy (non-hydrogen) atoms. The van der Waals surface area contributed by atoms with Gasteiger partial charge < -0.3 is 10.6 Å². The molecule has 2 rings (SSSR count). The largest absolute Gasteiger partial charge is 0.315 e. The molecule has 0 aliphatic carbocycles. The van der Waals surface area contributed by atoms with Crippen molar-refractivity contribution in [2.24, 2.45) is 0 Å². The highest BCUT2D eigenvalue weighted by molar-refractivity contribution is 5.29. The molecule has 1 saturated heterocycles. The molecule has 2 N–H and O–H groups in total. The lowest BCUT2D eigenvalue weighted by atomic mass is 9.83. The minimum atomic E-state index is 0.193. The van der Waals surface area contributed by atoms with Crippen molar-refractivity contribution in [3.8, 4) is 0 Å². The van der Waals surface area contributed by atoms with Crippen LogP contribution < -0.4 is 10.6 Å². The summed E-state index contributed by atoms with van der Waals surface area (Å²) >= 11 is 0. The van der Waals surface area contributed by atoms with E-state index in [0.29, 0.717) is 12.0 Å². The van der Waals surface area contributed by atoms with Gasteiger partial charge in [-0.3, -0.25) is 0 Å². The van der Waals surface area contributed by atoms with Crippen LogP contribution in [0, 0.1) is 0 Å². The second-order valence-corrected chi connectivity index (χ2v) is 6.73. The van der Waals surface area contributed by atoms with Crippen LogP contribution in [-0.2, 0) is 5.41 Å². The Labute approximate surface area is 118 Å². The fraction of sp³-hybridized carbons (Fsp3) is 0.647. The van der Waals surface area contributed by atoms with Gasteiger partial charge in [-0.05, 0) is 30.0 Å². The van der Waals surface area contributed by atoms with Crippen molar-refractivity contribution >= 4 is 0 Å². The van der Waals surface area contributed by atoms with Crippen molar-refractivity contribution in [3.63, 3.8) is 0 Å². The van der Waals surface area contributed by atoms with Crippen LogP contribution in [0.1, 0.15) is 51.2 Å². The van der Waals surface area contributed by atoms with E-state index < -0.39 is 0 Å². The molecule has 0 radical (unpaired) electrons. The van der Waals surface area contributed by atoms with E-state index in [-0.39, 0.29) is 5.41 Å². The van der Waals surface area contributed by atoms with Gasteiger partial charge in [0.25, 0.3) is 0 Å². The topological polar surface area (TPSA) is 24.1 Å². The van der Waals surface area contributed by atoms with Crippen molar-refractivity contribution < 1.29 is 0 Å². The predicted molar refractivity (Wildman–Crippen MR) is 82.8 cm³/mol. The molecule has 1 aliphatic heterocycles. The molecular weight excluding hydrogens is 232 g/mol. The van der Waals surface area contributed by atoms with Crippen molar-refractivity contribution in [1.29, 1.82) is 0 Å². The minimum absolute atomic E-state index is 0.193. The fourth-order valence-electron chi connectivity index (χ4n) is 2.65. The van der Waals surface area contributed by atoms with Crippen molar-refractivity contribution in [1.82, 2.24) is 10.6 Å². The van der Waals surface area contributed by atoms with E-state index in [1.54, 1.807) is 0 Å². The molecule has 1 unspecified atom stereocenters. The van der Waals surface area contributed by atoms with Crippen LogP contribution >= 0.6 is 0 Å². The summed E-state index contributed by atoms with van der Waals surface area (Å²) in [5.74, 6) is 0.611. The van der Waals surface area contributed by atoms with Crippen molar-refractivity contribution in [2.75, 3.05) is 19.6 Å². The lowest BCUT2D eigenvalue weighted by Crippen LogP contribution is -2.40. The highest BCUT2D eigenvalue weighted by Gasteiger charge is 2.23. The standard InChI is InChI=1S/C17H28N2/c1-13(2)14-5-7-15(8-6-14)17(3,4)12-19-16-9-10-18-11-16/h5-8,13,16,18-19H,9-12H2,1-4H3. The van der Waals surface area contributed by atoms with E-state index >= 15 is 0 Å². The quantitative estimate of drug-likeness (QED) is 0.850. The number of hydrogen-bond donors (Lipinski definition) is 2. The van der Waals surface area contributed by atoms with Crippen LogP contribution in [0.25, 0.3) is 0 Å². The average molecular weight is 260 g/mol. The molecule has 1 aliphatic rings. The first kappa shape index (κ1) is 14.5. The molecule has 0 amide bonds. The smallest absolute Gasteiger partial charge is 0.0204 e. The van der Waals surface area contributed by atoms with Crippen LogP contribution in [0.15, 0.2) is 24.3 Å². The van der Waals surface area contributed by atoms with Gasteiger partial charge in [0, 0.05) is 24.5 Å². The maximum Gasteiger partial charge on any atom is 0.0204 e. The number of benzene rings is 1. The molecule has 1 heterocycles. The zero-order valence-electron chi connectivity index (χ0n) is 12.8. The van der Waals surface area contributed by atoms with E-state index in [1.807, 2.05) is 0 Å². The Morgan fingerprint density at radius 1 is 1.26 bits per heavy atom. The fourth-order valence-corrected chi connectivity index (χ4v) is 2.65. The molecule has 2 heteroatoms. The lowest BCUT2D eigenvalue weighted by Gasteiger charge is -2.28. The zero-order valence-corrected chi connectivity index (χ0v) is 12.8. The van der Waals surface area contributed by atoms with Crippen LogP contribution in [0.2, 0.25) is 0 Å². The number of nitrogens with one attached hydrogen (secondary N) is 2. The van der Waals surface area contributed by atoms with E-state index in [4.69, 9.17) is 0 Å². The maximum absolute atomic E-state index is 3.70. The molecule has 0 aromatic heterocycles. The van der Waals surface area contributed by atoms with Gasteiger partial charge in [-0.2, -0.15) is 0 Å². The van der Waals surface area contributed by atoms with Gasteiger partial charge in [-0.15, -0.1) is 0 Å². The summed E-state index contributed by atoms with van der Waals surface area (Å²) in [7, 11) is 0. The SMILES string of the molecule is CC(C)c1ccc(C(C)(C)CNC2CCNC2)cc1. The summed E-state index contributed by atoms with van der Waals surface area (Å²) < 4.78 is 0. The molecule has 1 aromatic rings. The molecule has 0 saturated carbocycles. The Morgan fingerprint density at radius 2 is 1.95 bits per heavy atom. The van der Waals surface area contributed by atoms with Gasteiger partial charge in [0.15, 0.2) is 0 Å². The summed E-state index contributed by atoms with van der Waals surface area (Å²) in [5.41, 5.74) is 3.04. The summed E-state index contributed by atoms with van der Waals surface area (Å²) in [6, 6.07) is 9.79. The van der Waals surface area contributed by atoms with E-state index in [9.17, 15) is 0 Å². The van der Waals surface area contributed by atoms with Crippen LogP contribution in [0.4, 0.5) is 0 Å². The van der Waals surface area contributed by atoms with E-state index in [0.717, 1.165) is 19.6 Å². The van der Waals surface area contributed by atoms with Gasteiger partial charge in [-0.1, -0.05) is 52.0 Å². The predicted octanol–water partition coefficient (Wildman–Crippen LogP) is 3.04. The molecule has 1 fully saturated rings. The third kappa shape index (κ3) is 3.80. The minimum Gasteiger partial charge on any atom is -0.315 e. The molecule has 2 nitrogen and oxygen atoms in total. The molecular formula is C17H28N2. The van der Waals surface area contributed by atoms with Gasteiger partial charge >= 0.3 is 0 Å². The molecule has 1 aromatic carbocycles. The average Bonchev–Trinajstić information content (AvgIpc) is 2.90. The molecule has 0 spiro atoms. The van der Waals surface area contributed by atoms with Crippen LogP contribution in [0.5, 0.6) is 0 Å². The Morgan fingerprint density at radius 3 is 2.47 bits per heavy atom. The van der Waals surface area contributed by atoms with Crippen molar-refractivity contribution in [2.45, 2.75) is 51.5 Å². The van der Waals surface area contributed by atoms with Crippen molar-refractivity contribution in [3.05, 3.63) is 35.4 Å². The normalized spacial score (nSPS) is 20.2. The van der Waals surface area contributed by atoms with E-state index in [2.05, 4.69) is 62.6 Å². The summed E-state index contributed by atoms with van der Waals surface area (Å²) in [5, 5.41) is 7.10. The van der Waals surface area contributed by atoms with Gasteiger partial charge in [0.05, 0.1) is 0 Å². The maximum atomic E-state index is 3.70. The second kappa shape index (κ2) is 6.06. The third-order valence-electron chi connectivity index (χ3n) is 4.25. The Balaban J connectivity index is 1.97.